The zero-order valence-electron chi connectivity index (χ0n) is 18.1. The van der Waals surface area contributed by atoms with E-state index in [0.29, 0.717) is 5.56 Å². The van der Waals surface area contributed by atoms with Gasteiger partial charge in [-0.3, -0.25) is 0 Å². The van der Waals surface area contributed by atoms with E-state index < -0.39 is 40.6 Å². The molecule has 0 aliphatic heterocycles. The fourth-order valence-electron chi connectivity index (χ4n) is 3.23. The van der Waals surface area contributed by atoms with Gasteiger partial charge >= 0.3 is 0 Å². The number of nitrogens with one attached hydrogen (secondary N) is 1. The number of rotatable bonds is 8. The maximum atomic E-state index is 13.4. The fraction of sp³-hybridized carbons (Fsp3) is 0.182. The van der Waals surface area contributed by atoms with Gasteiger partial charge in [0.15, 0.2) is 0 Å². The van der Waals surface area contributed by atoms with Crippen LogP contribution in [-0.2, 0) is 29.7 Å². The van der Waals surface area contributed by atoms with E-state index in [1.54, 1.807) is 25.1 Å². The highest BCUT2D eigenvalue weighted by Crippen LogP contribution is 2.34. The SMILES string of the molecule is COc1ccc(S(=O)(=O)c2ccc([C@H](C)NS(C)(=O)=O)cc2)c(S(=O)(=O)c2ccccc2)c1. The van der Waals surface area contributed by atoms with Crippen LogP contribution < -0.4 is 9.46 Å². The molecule has 0 saturated carbocycles. The van der Waals surface area contributed by atoms with Gasteiger partial charge in [0, 0.05) is 12.1 Å². The van der Waals surface area contributed by atoms with Crippen molar-refractivity contribution in [2.24, 2.45) is 0 Å². The number of hydrogen-bond donors (Lipinski definition) is 1. The van der Waals surface area contributed by atoms with Crippen LogP contribution in [0.4, 0.5) is 0 Å². The molecule has 176 valence electrons. The summed E-state index contributed by atoms with van der Waals surface area (Å²) >= 11 is 0. The average Bonchev–Trinajstić information content (AvgIpc) is 2.78. The Bertz CT molecular complexity index is 1460. The van der Waals surface area contributed by atoms with Gasteiger partial charge in [0.2, 0.25) is 29.7 Å². The molecule has 0 spiro atoms. The van der Waals surface area contributed by atoms with E-state index in [4.69, 9.17) is 4.74 Å². The van der Waals surface area contributed by atoms with Crippen LogP contribution >= 0.6 is 0 Å². The van der Waals surface area contributed by atoms with Crippen molar-refractivity contribution in [1.82, 2.24) is 4.72 Å². The molecule has 0 radical (unpaired) electrons. The zero-order chi connectivity index (χ0) is 24.4. The number of sulfone groups is 2. The summed E-state index contributed by atoms with van der Waals surface area (Å²) in [4.78, 5) is -0.968. The highest BCUT2D eigenvalue weighted by atomic mass is 32.2. The van der Waals surface area contributed by atoms with Gasteiger partial charge in [-0.25, -0.2) is 30.0 Å². The van der Waals surface area contributed by atoms with E-state index in [0.717, 1.165) is 6.26 Å². The van der Waals surface area contributed by atoms with E-state index in [1.165, 1.54) is 61.7 Å². The normalized spacial score (nSPS) is 13.4. The first-order valence-corrected chi connectivity index (χ1v) is 14.5. The van der Waals surface area contributed by atoms with Crippen molar-refractivity contribution in [2.45, 2.75) is 32.5 Å². The lowest BCUT2D eigenvalue weighted by molar-refractivity contribution is 0.412. The molecular weight excluding hydrogens is 486 g/mol. The molecule has 3 aromatic carbocycles. The molecule has 0 aliphatic rings. The summed E-state index contributed by atoms with van der Waals surface area (Å²) < 4.78 is 83.9. The Balaban J connectivity index is 2.11. The molecule has 11 heteroatoms. The number of sulfonamides is 1. The van der Waals surface area contributed by atoms with Gasteiger partial charge in [0.1, 0.15) is 5.75 Å². The second-order valence-corrected chi connectivity index (χ2v) is 12.9. The maximum absolute atomic E-state index is 13.4. The summed E-state index contributed by atoms with van der Waals surface area (Å²) in [6, 6.07) is 16.3. The van der Waals surface area contributed by atoms with Gasteiger partial charge in [-0.2, -0.15) is 0 Å². The van der Waals surface area contributed by atoms with E-state index in [9.17, 15) is 25.3 Å². The van der Waals surface area contributed by atoms with Crippen LogP contribution in [0.1, 0.15) is 18.5 Å². The molecule has 3 aromatic rings. The predicted molar refractivity (Wildman–Crippen MR) is 123 cm³/mol. The zero-order valence-corrected chi connectivity index (χ0v) is 20.5. The van der Waals surface area contributed by atoms with Crippen LogP contribution in [0.3, 0.4) is 0 Å². The van der Waals surface area contributed by atoms with Crippen molar-refractivity contribution >= 4 is 29.7 Å². The van der Waals surface area contributed by atoms with Crippen molar-refractivity contribution in [3.8, 4) is 5.75 Å². The number of ether oxygens (including phenoxy) is 1. The smallest absolute Gasteiger partial charge is 0.209 e. The minimum Gasteiger partial charge on any atom is -0.497 e. The highest BCUT2D eigenvalue weighted by molar-refractivity contribution is 7.94. The molecule has 0 fully saturated rings. The summed E-state index contributed by atoms with van der Waals surface area (Å²) in [5, 5.41) is 0. The van der Waals surface area contributed by atoms with Gasteiger partial charge in [0.25, 0.3) is 0 Å². The number of methoxy groups -OCH3 is 1. The fourth-order valence-corrected chi connectivity index (χ4v) is 7.36. The molecule has 0 aromatic heterocycles. The Morgan fingerprint density at radius 3 is 1.82 bits per heavy atom. The van der Waals surface area contributed by atoms with Gasteiger partial charge in [-0.15, -0.1) is 0 Å². The molecular formula is C22H23NO7S3. The summed E-state index contributed by atoms with van der Waals surface area (Å²) in [7, 11) is -10.5. The molecule has 0 aliphatic carbocycles. The summed E-state index contributed by atoms with van der Waals surface area (Å²) in [6.07, 6.45) is 1.03. The van der Waals surface area contributed by atoms with E-state index in [-0.39, 0.29) is 20.4 Å². The molecule has 0 bridgehead atoms. The van der Waals surface area contributed by atoms with E-state index in [2.05, 4.69) is 4.72 Å². The molecule has 3 rings (SSSR count). The van der Waals surface area contributed by atoms with Crippen molar-refractivity contribution in [3.63, 3.8) is 0 Å². The first-order chi connectivity index (χ1) is 15.4. The van der Waals surface area contributed by atoms with Crippen LogP contribution in [0.15, 0.2) is 92.4 Å². The Morgan fingerprint density at radius 2 is 1.27 bits per heavy atom. The van der Waals surface area contributed by atoms with Crippen LogP contribution in [0.25, 0.3) is 0 Å². The topological polar surface area (TPSA) is 124 Å². The predicted octanol–water partition coefficient (Wildman–Crippen LogP) is 2.97. The minimum absolute atomic E-state index is 0.0503. The second kappa shape index (κ2) is 9.26. The van der Waals surface area contributed by atoms with Crippen molar-refractivity contribution < 1.29 is 30.0 Å². The first-order valence-electron chi connectivity index (χ1n) is 9.67. The molecule has 33 heavy (non-hydrogen) atoms. The molecule has 0 unspecified atom stereocenters. The lowest BCUT2D eigenvalue weighted by Gasteiger charge is -2.15. The lowest BCUT2D eigenvalue weighted by atomic mass is 10.1. The minimum atomic E-state index is -4.24. The summed E-state index contributed by atoms with van der Waals surface area (Å²) in [5.74, 6) is 0.194. The quantitative estimate of drug-likeness (QED) is 0.495. The van der Waals surface area contributed by atoms with Crippen molar-refractivity contribution in [3.05, 3.63) is 78.4 Å². The van der Waals surface area contributed by atoms with E-state index >= 15 is 0 Å². The summed E-state index contributed by atoms with van der Waals surface area (Å²) in [6.45, 7) is 1.62. The number of benzene rings is 3. The van der Waals surface area contributed by atoms with Crippen molar-refractivity contribution in [2.75, 3.05) is 13.4 Å². The molecule has 0 saturated heterocycles. The Morgan fingerprint density at radius 1 is 0.727 bits per heavy atom. The van der Waals surface area contributed by atoms with Crippen LogP contribution in [0, 0.1) is 0 Å². The molecule has 0 amide bonds. The largest absolute Gasteiger partial charge is 0.497 e. The van der Waals surface area contributed by atoms with Gasteiger partial charge in [0.05, 0.1) is 32.9 Å². The van der Waals surface area contributed by atoms with Gasteiger partial charge < -0.3 is 4.74 Å². The first kappa shape index (κ1) is 24.9. The highest BCUT2D eigenvalue weighted by Gasteiger charge is 2.30. The third-order valence-electron chi connectivity index (χ3n) is 4.86. The van der Waals surface area contributed by atoms with Crippen molar-refractivity contribution in [1.29, 1.82) is 0 Å². The Labute approximate surface area is 194 Å². The molecule has 1 N–H and O–H groups in total. The second-order valence-electron chi connectivity index (χ2n) is 7.31. The van der Waals surface area contributed by atoms with Crippen LogP contribution in [-0.4, -0.2) is 38.6 Å². The summed E-state index contributed by atoms with van der Waals surface area (Å²) in [5.41, 5.74) is 0.547. The van der Waals surface area contributed by atoms with Crippen LogP contribution in [0.5, 0.6) is 5.75 Å². The lowest BCUT2D eigenvalue weighted by Crippen LogP contribution is -2.25. The third kappa shape index (κ3) is 5.44. The Hall–Kier alpha value is -2.73. The van der Waals surface area contributed by atoms with Gasteiger partial charge in [-0.1, -0.05) is 30.3 Å². The standard InChI is InChI=1S/C22H23NO7S3/c1-16(23-31(3,24)25)17-9-12-20(13-10-17)32(26,27)21-14-11-18(30-2)15-22(21)33(28,29)19-7-5-4-6-8-19/h4-16,23H,1-3H3/t16-/m0/s1. The molecule has 8 nitrogen and oxygen atoms in total. The monoisotopic (exact) mass is 509 g/mol. The average molecular weight is 510 g/mol. The Kier molecular flexibility index (Phi) is 6.99. The van der Waals surface area contributed by atoms with E-state index in [1.807, 2.05) is 0 Å². The van der Waals surface area contributed by atoms with Gasteiger partial charge in [-0.05, 0) is 48.9 Å². The van der Waals surface area contributed by atoms with Crippen LogP contribution in [0.2, 0.25) is 0 Å². The maximum Gasteiger partial charge on any atom is 0.209 e. The number of hydrogen-bond acceptors (Lipinski definition) is 7. The molecule has 1 atom stereocenters. The third-order valence-corrected chi connectivity index (χ3v) is 9.41. The molecule has 0 heterocycles.